The number of carbonyl (C=O) groups is 1. The number of benzene rings is 1. The number of Topliss-reactive ketones (excluding diaryl/α,β-unsaturated/α-hetero) is 1. The number of rotatable bonds is 2. The third kappa shape index (κ3) is 1.97. The molecule has 0 atom stereocenters. The molecule has 15 heavy (non-hydrogen) atoms. The van der Waals surface area contributed by atoms with Crippen molar-refractivity contribution in [3.63, 3.8) is 0 Å². The molecule has 0 amide bonds. The number of hydrogen-bond acceptors (Lipinski definition) is 2. The number of allylic oxidation sites excluding steroid dienone is 1. The number of halogens is 1. The molecule has 0 bridgehead atoms. The van der Waals surface area contributed by atoms with E-state index in [9.17, 15) is 4.79 Å². The van der Waals surface area contributed by atoms with Gasteiger partial charge in [0.2, 0.25) is 0 Å². The maximum Gasteiger partial charge on any atom is 0.192 e. The van der Waals surface area contributed by atoms with Crippen LogP contribution in [0.25, 0.3) is 0 Å². The Balaban J connectivity index is 2.33. The van der Waals surface area contributed by atoms with Crippen LogP contribution in [-0.2, 0) is 11.2 Å². The molecule has 0 aliphatic heterocycles. The molecule has 1 aromatic carbocycles. The first-order valence-electron chi connectivity index (χ1n) is 4.86. The monoisotopic (exact) mass is 266 g/mol. The molecule has 0 heterocycles. The molecule has 1 aromatic rings. The highest BCUT2D eigenvalue weighted by Crippen LogP contribution is 2.28. The van der Waals surface area contributed by atoms with Crippen LogP contribution in [-0.4, -0.2) is 12.4 Å². The van der Waals surface area contributed by atoms with Crippen molar-refractivity contribution >= 4 is 21.7 Å². The fraction of sp³-hybridized carbons (Fsp3) is 0.250. The molecule has 2 rings (SSSR count). The highest BCUT2D eigenvalue weighted by atomic mass is 79.9. The zero-order valence-corrected chi connectivity index (χ0v) is 10.0. The van der Waals surface area contributed by atoms with Crippen molar-refractivity contribution in [2.45, 2.75) is 13.3 Å². The Bertz CT molecular complexity index is 435. The largest absolute Gasteiger partial charge is 0.501 e. The van der Waals surface area contributed by atoms with E-state index in [2.05, 4.69) is 15.9 Å². The van der Waals surface area contributed by atoms with E-state index >= 15 is 0 Å². The Labute approximate surface area is 97.1 Å². The minimum absolute atomic E-state index is 0.0888. The van der Waals surface area contributed by atoms with Crippen molar-refractivity contribution in [3.05, 3.63) is 45.6 Å². The molecule has 0 saturated heterocycles. The van der Waals surface area contributed by atoms with Crippen LogP contribution in [0.5, 0.6) is 0 Å². The summed E-state index contributed by atoms with van der Waals surface area (Å²) in [5, 5.41) is 0. The fourth-order valence-electron chi connectivity index (χ4n) is 1.67. The third-order valence-electron chi connectivity index (χ3n) is 2.38. The SMILES string of the molecule is CCO/C=C1\Cc2cc(Br)ccc2C1=O. The summed E-state index contributed by atoms with van der Waals surface area (Å²) in [6, 6.07) is 5.73. The van der Waals surface area contributed by atoms with Crippen molar-refractivity contribution in [2.24, 2.45) is 0 Å². The molecule has 2 nitrogen and oxygen atoms in total. The molecular formula is C12H11BrO2. The number of fused-ring (bicyclic) bond motifs is 1. The zero-order valence-electron chi connectivity index (χ0n) is 8.42. The Hall–Kier alpha value is -1.09. The quantitative estimate of drug-likeness (QED) is 0.608. The van der Waals surface area contributed by atoms with Crippen LogP contribution in [0.15, 0.2) is 34.5 Å². The van der Waals surface area contributed by atoms with Gasteiger partial charge < -0.3 is 4.74 Å². The van der Waals surface area contributed by atoms with Gasteiger partial charge in [-0.2, -0.15) is 0 Å². The van der Waals surface area contributed by atoms with Crippen LogP contribution in [0.4, 0.5) is 0 Å². The standard InChI is InChI=1S/C12H11BrO2/c1-2-15-7-9-5-8-6-10(13)3-4-11(8)12(9)14/h3-4,6-7H,2,5H2,1H3/b9-7+. The second-order valence-electron chi connectivity index (χ2n) is 3.41. The maximum atomic E-state index is 11.9. The summed E-state index contributed by atoms with van der Waals surface area (Å²) in [5.41, 5.74) is 2.61. The molecule has 1 aliphatic rings. The van der Waals surface area contributed by atoms with Gasteiger partial charge in [-0.05, 0) is 30.7 Å². The highest BCUT2D eigenvalue weighted by Gasteiger charge is 2.24. The number of ether oxygens (including phenoxy) is 1. The van der Waals surface area contributed by atoms with E-state index in [4.69, 9.17) is 4.74 Å². The second kappa shape index (κ2) is 4.19. The predicted octanol–water partition coefficient (Wildman–Crippen LogP) is 3.11. The topological polar surface area (TPSA) is 26.3 Å². The van der Waals surface area contributed by atoms with Gasteiger partial charge in [0.1, 0.15) is 0 Å². The lowest BCUT2D eigenvalue weighted by Gasteiger charge is -1.95. The van der Waals surface area contributed by atoms with Crippen LogP contribution in [0.3, 0.4) is 0 Å². The predicted molar refractivity (Wildman–Crippen MR) is 61.9 cm³/mol. The second-order valence-corrected chi connectivity index (χ2v) is 4.32. The van der Waals surface area contributed by atoms with Crippen LogP contribution in [0.1, 0.15) is 22.8 Å². The highest BCUT2D eigenvalue weighted by molar-refractivity contribution is 9.10. The van der Waals surface area contributed by atoms with Crippen molar-refractivity contribution in [1.82, 2.24) is 0 Å². The van der Waals surface area contributed by atoms with Gasteiger partial charge >= 0.3 is 0 Å². The molecule has 3 heteroatoms. The lowest BCUT2D eigenvalue weighted by molar-refractivity contribution is 0.103. The Kier molecular flexibility index (Phi) is 2.91. The Morgan fingerprint density at radius 3 is 3.07 bits per heavy atom. The summed E-state index contributed by atoms with van der Waals surface area (Å²) < 4.78 is 6.16. The lowest BCUT2D eigenvalue weighted by Crippen LogP contribution is -1.96. The van der Waals surface area contributed by atoms with E-state index in [0.29, 0.717) is 13.0 Å². The summed E-state index contributed by atoms with van der Waals surface area (Å²) in [6.07, 6.45) is 2.25. The smallest absolute Gasteiger partial charge is 0.192 e. The van der Waals surface area contributed by atoms with Crippen molar-refractivity contribution < 1.29 is 9.53 Å². The fourth-order valence-corrected chi connectivity index (χ4v) is 2.08. The van der Waals surface area contributed by atoms with Crippen LogP contribution in [0, 0.1) is 0 Å². The number of carbonyl (C=O) groups excluding carboxylic acids is 1. The molecular weight excluding hydrogens is 256 g/mol. The van der Waals surface area contributed by atoms with Crippen LogP contribution < -0.4 is 0 Å². The van der Waals surface area contributed by atoms with Crippen molar-refractivity contribution in [2.75, 3.05) is 6.61 Å². The summed E-state index contributed by atoms with van der Waals surface area (Å²) in [6.45, 7) is 2.50. The van der Waals surface area contributed by atoms with E-state index < -0.39 is 0 Å². The van der Waals surface area contributed by atoms with Crippen molar-refractivity contribution in [3.8, 4) is 0 Å². The number of ketones is 1. The normalized spacial score (nSPS) is 16.9. The maximum absolute atomic E-state index is 11.9. The number of hydrogen-bond donors (Lipinski definition) is 0. The molecule has 78 valence electrons. The molecule has 0 unspecified atom stereocenters. The average molecular weight is 267 g/mol. The molecule has 0 spiro atoms. The van der Waals surface area contributed by atoms with E-state index in [1.165, 1.54) is 0 Å². The van der Waals surface area contributed by atoms with Gasteiger partial charge in [0, 0.05) is 22.0 Å². The summed E-state index contributed by atoms with van der Waals surface area (Å²) in [4.78, 5) is 11.9. The summed E-state index contributed by atoms with van der Waals surface area (Å²) in [5.74, 6) is 0.0888. The first-order valence-corrected chi connectivity index (χ1v) is 5.65. The first kappa shape index (κ1) is 10.4. The van der Waals surface area contributed by atoms with Crippen molar-refractivity contribution in [1.29, 1.82) is 0 Å². The van der Waals surface area contributed by atoms with Gasteiger partial charge in [0.25, 0.3) is 0 Å². The van der Waals surface area contributed by atoms with Gasteiger partial charge in [-0.1, -0.05) is 15.9 Å². The van der Waals surface area contributed by atoms with E-state index in [0.717, 1.165) is 21.2 Å². The van der Waals surface area contributed by atoms with Gasteiger partial charge in [0.15, 0.2) is 5.78 Å². The molecule has 0 radical (unpaired) electrons. The lowest BCUT2D eigenvalue weighted by atomic mass is 10.1. The molecule has 0 saturated carbocycles. The van der Waals surface area contributed by atoms with E-state index in [1.807, 2.05) is 25.1 Å². The van der Waals surface area contributed by atoms with Gasteiger partial charge in [-0.25, -0.2) is 0 Å². The van der Waals surface area contributed by atoms with Gasteiger partial charge in [-0.3, -0.25) is 4.79 Å². The minimum Gasteiger partial charge on any atom is -0.501 e. The Morgan fingerprint density at radius 2 is 2.33 bits per heavy atom. The minimum atomic E-state index is 0.0888. The molecule has 1 aliphatic carbocycles. The van der Waals surface area contributed by atoms with Gasteiger partial charge in [-0.15, -0.1) is 0 Å². The Morgan fingerprint density at radius 1 is 1.53 bits per heavy atom. The van der Waals surface area contributed by atoms with Crippen LogP contribution >= 0.6 is 15.9 Å². The van der Waals surface area contributed by atoms with Gasteiger partial charge in [0.05, 0.1) is 12.9 Å². The molecule has 0 aromatic heterocycles. The van der Waals surface area contributed by atoms with E-state index in [1.54, 1.807) is 6.26 Å². The molecule has 0 fully saturated rings. The average Bonchev–Trinajstić information content (AvgIpc) is 2.52. The summed E-state index contributed by atoms with van der Waals surface area (Å²) in [7, 11) is 0. The molecule has 0 N–H and O–H groups in total. The first-order chi connectivity index (χ1) is 7.22. The zero-order chi connectivity index (χ0) is 10.8. The summed E-state index contributed by atoms with van der Waals surface area (Å²) >= 11 is 3.40. The van der Waals surface area contributed by atoms with Crippen LogP contribution in [0.2, 0.25) is 0 Å². The third-order valence-corrected chi connectivity index (χ3v) is 2.87. The van der Waals surface area contributed by atoms with E-state index in [-0.39, 0.29) is 5.78 Å².